The third kappa shape index (κ3) is 4.30. The van der Waals surface area contributed by atoms with Crippen molar-refractivity contribution in [3.63, 3.8) is 0 Å². The first-order valence-electron chi connectivity index (χ1n) is 11.7. The molecule has 6 rings (SSSR count). The van der Waals surface area contributed by atoms with Crippen LogP contribution in [0.3, 0.4) is 0 Å². The highest BCUT2D eigenvalue weighted by molar-refractivity contribution is 5.95. The van der Waals surface area contributed by atoms with Crippen molar-refractivity contribution in [2.45, 2.75) is 0 Å². The van der Waals surface area contributed by atoms with Crippen molar-refractivity contribution in [1.82, 2.24) is 20.3 Å². The number of nitrogens with zero attached hydrogens (tertiary/aromatic N) is 3. The van der Waals surface area contributed by atoms with E-state index >= 15 is 0 Å². The zero-order valence-corrected chi connectivity index (χ0v) is 19.7. The van der Waals surface area contributed by atoms with Gasteiger partial charge in [0, 0.05) is 59.2 Å². The second-order valence-corrected chi connectivity index (χ2v) is 8.43. The molecule has 0 saturated carbocycles. The smallest absolute Gasteiger partial charge is 0.163 e. The molecule has 36 heavy (non-hydrogen) atoms. The molecular weight excluding hydrogens is 448 g/mol. The Morgan fingerprint density at radius 1 is 1.00 bits per heavy atom. The Morgan fingerprint density at radius 2 is 1.97 bits per heavy atom. The summed E-state index contributed by atoms with van der Waals surface area (Å²) in [5, 5.41) is 11.1. The van der Waals surface area contributed by atoms with E-state index < -0.39 is 0 Å². The summed E-state index contributed by atoms with van der Waals surface area (Å²) in [6.07, 6.45) is 15.5. The predicted octanol–water partition coefficient (Wildman–Crippen LogP) is 5.86. The van der Waals surface area contributed by atoms with E-state index in [1.54, 1.807) is 19.5 Å². The Labute approximate surface area is 209 Å². The monoisotopic (exact) mass is 472 g/mol. The van der Waals surface area contributed by atoms with Gasteiger partial charge < -0.3 is 20.7 Å². The lowest BCUT2D eigenvalue weighted by Gasteiger charge is -2.16. The highest BCUT2D eigenvalue weighted by atomic mass is 16.5. The second-order valence-electron chi connectivity index (χ2n) is 8.43. The van der Waals surface area contributed by atoms with Crippen LogP contribution >= 0.6 is 0 Å². The molecule has 176 valence electrons. The summed E-state index contributed by atoms with van der Waals surface area (Å²) in [7, 11) is 1.67. The van der Waals surface area contributed by atoms with E-state index in [2.05, 4.69) is 63.4 Å². The number of allylic oxidation sites excluding steroid dienone is 3. The van der Waals surface area contributed by atoms with Crippen LogP contribution in [0.2, 0.25) is 0 Å². The van der Waals surface area contributed by atoms with E-state index in [4.69, 9.17) is 14.7 Å². The summed E-state index contributed by atoms with van der Waals surface area (Å²) in [6.45, 7) is 0.816. The molecule has 0 amide bonds. The second kappa shape index (κ2) is 9.38. The van der Waals surface area contributed by atoms with E-state index in [0.717, 1.165) is 57.1 Å². The minimum Gasteiger partial charge on any atom is -0.497 e. The van der Waals surface area contributed by atoms with Crippen molar-refractivity contribution in [3.8, 4) is 11.4 Å². The van der Waals surface area contributed by atoms with Crippen molar-refractivity contribution in [3.05, 3.63) is 108 Å². The van der Waals surface area contributed by atoms with Gasteiger partial charge in [-0.05, 0) is 59.7 Å². The van der Waals surface area contributed by atoms with Crippen LogP contribution in [-0.4, -0.2) is 28.6 Å². The van der Waals surface area contributed by atoms with Crippen molar-refractivity contribution in [1.29, 1.82) is 0 Å². The Morgan fingerprint density at radius 3 is 2.86 bits per heavy atom. The van der Waals surface area contributed by atoms with Gasteiger partial charge in [-0.25, -0.2) is 9.97 Å². The summed E-state index contributed by atoms with van der Waals surface area (Å²) in [5.74, 6) is 2.11. The largest absolute Gasteiger partial charge is 0.497 e. The minimum absolute atomic E-state index is 0.617. The number of aromatic nitrogens is 3. The van der Waals surface area contributed by atoms with E-state index in [9.17, 15) is 0 Å². The van der Waals surface area contributed by atoms with Gasteiger partial charge in [-0.15, -0.1) is 0 Å². The molecule has 0 fully saturated rings. The van der Waals surface area contributed by atoms with Crippen LogP contribution in [0.25, 0.3) is 33.9 Å². The molecule has 2 aliphatic rings. The molecule has 7 heteroatoms. The average molecular weight is 473 g/mol. The van der Waals surface area contributed by atoms with Crippen molar-refractivity contribution in [2.75, 3.05) is 24.3 Å². The maximum atomic E-state index is 5.46. The number of nitrogens with one attached hydrogen (secondary N) is 3. The molecule has 4 aromatic rings. The van der Waals surface area contributed by atoms with Crippen LogP contribution in [0, 0.1) is 0 Å². The number of hydrogen-bond donors (Lipinski definition) is 3. The summed E-state index contributed by atoms with van der Waals surface area (Å²) < 4.78 is 5.46. The molecule has 2 aromatic heterocycles. The van der Waals surface area contributed by atoms with Crippen LogP contribution < -0.4 is 16.0 Å². The fourth-order valence-electron chi connectivity index (χ4n) is 4.26. The van der Waals surface area contributed by atoms with Crippen LogP contribution in [0.5, 0.6) is 0 Å². The molecule has 0 atom stereocenters. The van der Waals surface area contributed by atoms with Gasteiger partial charge in [-0.3, -0.25) is 4.98 Å². The van der Waals surface area contributed by atoms with Gasteiger partial charge in [0.15, 0.2) is 5.82 Å². The molecule has 0 unspecified atom stereocenters. The molecule has 2 aliphatic heterocycles. The fourth-order valence-corrected chi connectivity index (χ4v) is 4.26. The number of pyridine rings is 1. The van der Waals surface area contributed by atoms with Crippen LogP contribution in [-0.2, 0) is 4.74 Å². The van der Waals surface area contributed by atoms with Gasteiger partial charge >= 0.3 is 0 Å². The van der Waals surface area contributed by atoms with Crippen molar-refractivity contribution >= 4 is 39.7 Å². The Balaban J connectivity index is 1.47. The molecule has 0 aliphatic carbocycles. The highest BCUT2D eigenvalue weighted by Crippen LogP contribution is 2.32. The average Bonchev–Trinajstić information content (AvgIpc) is 3.19. The molecule has 0 saturated heterocycles. The topological polar surface area (TPSA) is 84.0 Å². The van der Waals surface area contributed by atoms with Gasteiger partial charge in [0.25, 0.3) is 0 Å². The molecule has 2 aromatic carbocycles. The first kappa shape index (κ1) is 21.6. The molecule has 4 heterocycles. The van der Waals surface area contributed by atoms with Crippen LogP contribution in [0.4, 0.5) is 17.2 Å². The van der Waals surface area contributed by atoms with Crippen LogP contribution in [0.15, 0.2) is 97.3 Å². The van der Waals surface area contributed by atoms with Gasteiger partial charge in [0.1, 0.15) is 11.6 Å². The molecule has 0 radical (unpaired) electrons. The summed E-state index contributed by atoms with van der Waals surface area (Å²) in [5.41, 5.74) is 6.91. The SMILES string of the molecule is COC1=CC(c2ccc3nc(-c4cccnc4)nc(Nc4ccc5c(c4)NCC=C5)c3c2)=CNC=C1. The highest BCUT2D eigenvalue weighted by Gasteiger charge is 2.14. The number of fused-ring (bicyclic) bond motifs is 2. The van der Waals surface area contributed by atoms with Crippen molar-refractivity contribution < 1.29 is 4.74 Å². The van der Waals surface area contributed by atoms with E-state index in [0.29, 0.717) is 5.82 Å². The zero-order valence-electron chi connectivity index (χ0n) is 19.7. The first-order chi connectivity index (χ1) is 17.8. The zero-order chi connectivity index (χ0) is 24.3. The summed E-state index contributed by atoms with van der Waals surface area (Å²) in [6, 6.07) is 16.3. The molecular formula is C29H24N6O. The number of rotatable bonds is 5. The van der Waals surface area contributed by atoms with E-state index in [1.165, 1.54) is 5.56 Å². The number of methoxy groups -OCH3 is 1. The lowest BCUT2D eigenvalue weighted by molar-refractivity contribution is 0.307. The van der Waals surface area contributed by atoms with Crippen LogP contribution in [0.1, 0.15) is 11.1 Å². The fraction of sp³-hybridized carbons (Fsp3) is 0.0690. The van der Waals surface area contributed by atoms with Gasteiger partial charge in [0.05, 0.1) is 12.6 Å². The van der Waals surface area contributed by atoms with E-state index in [-0.39, 0.29) is 0 Å². The Hall–Kier alpha value is -4.91. The lowest BCUT2D eigenvalue weighted by atomic mass is 10.0. The first-order valence-corrected chi connectivity index (χ1v) is 11.7. The lowest BCUT2D eigenvalue weighted by Crippen LogP contribution is -2.05. The summed E-state index contributed by atoms with van der Waals surface area (Å²) in [4.78, 5) is 14.0. The predicted molar refractivity (Wildman–Crippen MR) is 145 cm³/mol. The van der Waals surface area contributed by atoms with E-state index in [1.807, 2.05) is 42.8 Å². The van der Waals surface area contributed by atoms with Gasteiger partial charge in [0.2, 0.25) is 0 Å². The number of ether oxygens (including phenoxy) is 1. The summed E-state index contributed by atoms with van der Waals surface area (Å²) >= 11 is 0. The maximum Gasteiger partial charge on any atom is 0.163 e. The normalized spacial score (nSPS) is 14.1. The number of hydrogen-bond acceptors (Lipinski definition) is 7. The Bertz CT molecular complexity index is 1570. The third-order valence-corrected chi connectivity index (χ3v) is 6.09. The quantitative estimate of drug-likeness (QED) is 0.335. The van der Waals surface area contributed by atoms with Crippen molar-refractivity contribution in [2.24, 2.45) is 0 Å². The number of benzene rings is 2. The third-order valence-electron chi connectivity index (χ3n) is 6.09. The van der Waals surface area contributed by atoms with Gasteiger partial charge in [-0.1, -0.05) is 24.3 Å². The maximum absolute atomic E-state index is 5.46. The molecule has 0 bridgehead atoms. The van der Waals surface area contributed by atoms with Gasteiger partial charge in [-0.2, -0.15) is 0 Å². The molecule has 7 nitrogen and oxygen atoms in total. The number of anilines is 3. The Kier molecular flexibility index (Phi) is 5.63. The standard InChI is InChI=1S/C29H24N6O/c1-36-24-10-13-31-18-22(14-24)20-7-9-26-25(15-20)29(35-28(34-26)21-5-2-11-30-17-21)33-23-8-6-19-4-3-12-32-27(19)16-23/h2-11,13-18,31-32H,12H2,1H3,(H,33,34,35). The molecule has 0 spiro atoms. The molecule has 3 N–H and O–H groups in total. The minimum atomic E-state index is 0.617.